The highest BCUT2D eigenvalue weighted by atomic mass is 35.5. The molecule has 3 nitrogen and oxygen atoms in total. The lowest BCUT2D eigenvalue weighted by Gasteiger charge is -2.12. The Morgan fingerprint density at radius 3 is 2.80 bits per heavy atom. The Morgan fingerprint density at radius 1 is 1.60 bits per heavy atom. The van der Waals surface area contributed by atoms with E-state index >= 15 is 0 Å². The minimum Gasteiger partial charge on any atom is -0.398 e. The van der Waals surface area contributed by atoms with Crippen molar-refractivity contribution in [1.29, 1.82) is 0 Å². The van der Waals surface area contributed by atoms with E-state index in [4.69, 9.17) is 17.3 Å². The molecule has 0 heterocycles. The predicted molar refractivity (Wildman–Crippen MR) is 63.1 cm³/mol. The SMILES string of the molecule is CC[C@H](C)NC(=O)c1ccc(Cl)cc1N. The molecule has 1 aromatic carbocycles. The van der Waals surface area contributed by atoms with E-state index in [0.29, 0.717) is 16.3 Å². The smallest absolute Gasteiger partial charge is 0.253 e. The van der Waals surface area contributed by atoms with Gasteiger partial charge in [-0.1, -0.05) is 18.5 Å². The van der Waals surface area contributed by atoms with E-state index in [-0.39, 0.29) is 11.9 Å². The molecule has 0 fully saturated rings. The molecule has 0 aliphatic carbocycles. The van der Waals surface area contributed by atoms with E-state index in [2.05, 4.69) is 5.32 Å². The van der Waals surface area contributed by atoms with Gasteiger partial charge in [0.15, 0.2) is 0 Å². The quantitative estimate of drug-likeness (QED) is 0.778. The maximum Gasteiger partial charge on any atom is 0.253 e. The zero-order valence-electron chi connectivity index (χ0n) is 8.88. The summed E-state index contributed by atoms with van der Waals surface area (Å²) < 4.78 is 0. The third-order valence-corrected chi connectivity index (χ3v) is 2.48. The largest absolute Gasteiger partial charge is 0.398 e. The minimum atomic E-state index is -0.154. The van der Waals surface area contributed by atoms with E-state index in [0.717, 1.165) is 6.42 Å². The lowest BCUT2D eigenvalue weighted by Crippen LogP contribution is -2.32. The maximum atomic E-state index is 11.7. The van der Waals surface area contributed by atoms with Crippen molar-refractivity contribution in [1.82, 2.24) is 5.32 Å². The highest BCUT2D eigenvalue weighted by molar-refractivity contribution is 6.31. The summed E-state index contributed by atoms with van der Waals surface area (Å²) in [5.41, 5.74) is 6.57. The first-order valence-electron chi connectivity index (χ1n) is 4.90. The zero-order valence-corrected chi connectivity index (χ0v) is 9.64. The van der Waals surface area contributed by atoms with Crippen LogP contribution in [0.25, 0.3) is 0 Å². The van der Waals surface area contributed by atoms with Gasteiger partial charge in [-0.05, 0) is 31.5 Å². The van der Waals surface area contributed by atoms with Crippen molar-refractivity contribution in [2.45, 2.75) is 26.3 Å². The van der Waals surface area contributed by atoms with E-state index in [1.54, 1.807) is 18.2 Å². The summed E-state index contributed by atoms with van der Waals surface area (Å²) in [5.74, 6) is -0.154. The summed E-state index contributed by atoms with van der Waals surface area (Å²) in [5, 5.41) is 3.38. The van der Waals surface area contributed by atoms with Gasteiger partial charge < -0.3 is 11.1 Å². The van der Waals surface area contributed by atoms with Crippen LogP contribution in [0.1, 0.15) is 30.6 Å². The number of benzene rings is 1. The van der Waals surface area contributed by atoms with Crippen molar-refractivity contribution >= 4 is 23.2 Å². The number of nitrogen functional groups attached to an aromatic ring is 1. The molecular weight excluding hydrogens is 212 g/mol. The number of halogens is 1. The topological polar surface area (TPSA) is 55.1 Å². The summed E-state index contributed by atoms with van der Waals surface area (Å²) in [6.07, 6.45) is 0.888. The number of anilines is 1. The van der Waals surface area contributed by atoms with Crippen molar-refractivity contribution in [3.63, 3.8) is 0 Å². The van der Waals surface area contributed by atoms with Gasteiger partial charge in [0.25, 0.3) is 5.91 Å². The van der Waals surface area contributed by atoms with Crippen LogP contribution in [0.4, 0.5) is 5.69 Å². The summed E-state index contributed by atoms with van der Waals surface area (Å²) in [6.45, 7) is 3.96. The molecule has 0 unspecified atom stereocenters. The van der Waals surface area contributed by atoms with Crippen LogP contribution in [0.15, 0.2) is 18.2 Å². The van der Waals surface area contributed by atoms with Gasteiger partial charge in [-0.3, -0.25) is 4.79 Å². The molecule has 3 N–H and O–H groups in total. The van der Waals surface area contributed by atoms with E-state index in [1.807, 2.05) is 13.8 Å². The molecule has 82 valence electrons. The van der Waals surface area contributed by atoms with Gasteiger partial charge in [0.2, 0.25) is 0 Å². The molecular formula is C11H15ClN2O. The molecule has 0 aromatic heterocycles. The zero-order chi connectivity index (χ0) is 11.4. The Balaban J connectivity index is 2.82. The van der Waals surface area contributed by atoms with Crippen LogP contribution in [-0.4, -0.2) is 11.9 Å². The highest BCUT2D eigenvalue weighted by Gasteiger charge is 2.11. The van der Waals surface area contributed by atoms with Gasteiger partial charge in [0, 0.05) is 16.8 Å². The first-order chi connectivity index (χ1) is 7.04. The summed E-state index contributed by atoms with van der Waals surface area (Å²) >= 11 is 5.74. The molecule has 0 aliphatic rings. The molecule has 4 heteroatoms. The molecule has 0 radical (unpaired) electrons. The molecule has 0 spiro atoms. The van der Waals surface area contributed by atoms with E-state index in [1.165, 1.54) is 0 Å². The van der Waals surface area contributed by atoms with Crippen LogP contribution >= 0.6 is 11.6 Å². The summed E-state index contributed by atoms with van der Waals surface area (Å²) in [7, 11) is 0. The lowest BCUT2D eigenvalue weighted by atomic mass is 10.1. The van der Waals surface area contributed by atoms with Crippen molar-refractivity contribution in [2.75, 3.05) is 5.73 Å². The number of amides is 1. The Kier molecular flexibility index (Phi) is 3.97. The van der Waals surface area contributed by atoms with Gasteiger partial charge >= 0.3 is 0 Å². The molecule has 1 atom stereocenters. The first-order valence-corrected chi connectivity index (χ1v) is 5.28. The lowest BCUT2D eigenvalue weighted by molar-refractivity contribution is 0.0940. The molecule has 0 saturated carbocycles. The number of carbonyl (C=O) groups is 1. The molecule has 15 heavy (non-hydrogen) atoms. The van der Waals surface area contributed by atoms with Gasteiger partial charge in [0.1, 0.15) is 0 Å². The van der Waals surface area contributed by atoms with Gasteiger partial charge in [-0.15, -0.1) is 0 Å². The first kappa shape index (κ1) is 11.9. The van der Waals surface area contributed by atoms with Gasteiger partial charge in [-0.2, -0.15) is 0 Å². The Morgan fingerprint density at radius 2 is 2.27 bits per heavy atom. The monoisotopic (exact) mass is 226 g/mol. The van der Waals surface area contributed by atoms with Crippen molar-refractivity contribution in [3.05, 3.63) is 28.8 Å². The minimum absolute atomic E-state index is 0.146. The number of rotatable bonds is 3. The van der Waals surface area contributed by atoms with Gasteiger partial charge in [-0.25, -0.2) is 0 Å². The van der Waals surface area contributed by atoms with Crippen molar-refractivity contribution in [3.8, 4) is 0 Å². The van der Waals surface area contributed by atoms with Crippen molar-refractivity contribution < 1.29 is 4.79 Å². The van der Waals surface area contributed by atoms with Crippen LogP contribution in [0.2, 0.25) is 5.02 Å². The highest BCUT2D eigenvalue weighted by Crippen LogP contribution is 2.17. The van der Waals surface area contributed by atoms with Crippen LogP contribution < -0.4 is 11.1 Å². The summed E-state index contributed by atoms with van der Waals surface area (Å²) in [4.78, 5) is 11.7. The molecule has 1 aromatic rings. The van der Waals surface area contributed by atoms with E-state index < -0.39 is 0 Å². The molecule has 1 amide bonds. The molecule has 0 bridgehead atoms. The molecule has 1 rings (SSSR count). The van der Waals surface area contributed by atoms with Crippen LogP contribution in [0, 0.1) is 0 Å². The number of hydrogen-bond acceptors (Lipinski definition) is 2. The number of carbonyl (C=O) groups excluding carboxylic acids is 1. The normalized spacial score (nSPS) is 12.2. The van der Waals surface area contributed by atoms with Crippen LogP contribution in [0.3, 0.4) is 0 Å². The fraction of sp³-hybridized carbons (Fsp3) is 0.364. The Hall–Kier alpha value is -1.22. The fourth-order valence-corrected chi connectivity index (χ4v) is 1.32. The number of nitrogens with two attached hydrogens (primary N) is 1. The Bertz CT molecular complexity index is 366. The number of nitrogens with one attached hydrogen (secondary N) is 1. The number of hydrogen-bond donors (Lipinski definition) is 2. The second kappa shape index (κ2) is 5.03. The van der Waals surface area contributed by atoms with Gasteiger partial charge in [0.05, 0.1) is 5.56 Å². The Labute approximate surface area is 94.6 Å². The maximum absolute atomic E-state index is 11.7. The second-order valence-corrected chi connectivity index (χ2v) is 3.95. The van der Waals surface area contributed by atoms with Crippen molar-refractivity contribution in [2.24, 2.45) is 0 Å². The molecule has 0 aliphatic heterocycles. The third kappa shape index (κ3) is 3.13. The molecule has 0 saturated heterocycles. The third-order valence-electron chi connectivity index (χ3n) is 2.25. The summed E-state index contributed by atoms with van der Waals surface area (Å²) in [6, 6.07) is 5.01. The van der Waals surface area contributed by atoms with E-state index in [9.17, 15) is 4.79 Å². The van der Waals surface area contributed by atoms with Crippen LogP contribution in [-0.2, 0) is 0 Å². The average molecular weight is 227 g/mol. The fourth-order valence-electron chi connectivity index (χ4n) is 1.14. The second-order valence-electron chi connectivity index (χ2n) is 3.51. The predicted octanol–water partition coefficient (Wildman–Crippen LogP) is 2.45. The average Bonchev–Trinajstić information content (AvgIpc) is 2.17. The standard InChI is InChI=1S/C11H15ClN2O/c1-3-7(2)14-11(15)9-5-4-8(12)6-10(9)13/h4-7H,3,13H2,1-2H3,(H,14,15)/t7-/m0/s1. The van der Waals surface area contributed by atoms with Crippen LogP contribution in [0.5, 0.6) is 0 Å².